The highest BCUT2D eigenvalue weighted by Crippen LogP contribution is 2.37. The Balaban J connectivity index is 1.51. The molecule has 1 aromatic rings. The Morgan fingerprint density at radius 3 is 2.19 bits per heavy atom. The van der Waals surface area contributed by atoms with Gasteiger partial charge in [0, 0.05) is 38.1 Å². The summed E-state index contributed by atoms with van der Waals surface area (Å²) in [4.78, 5) is 45.1. The number of hydrogen-bond donors (Lipinski definition) is 0. The van der Waals surface area contributed by atoms with Gasteiger partial charge in [-0.1, -0.05) is 38.2 Å². The van der Waals surface area contributed by atoms with Crippen LogP contribution in [0.3, 0.4) is 0 Å². The van der Waals surface area contributed by atoms with E-state index in [-0.39, 0.29) is 35.7 Å². The van der Waals surface area contributed by atoms with Crippen molar-refractivity contribution in [2.24, 2.45) is 5.92 Å². The maximum atomic E-state index is 13.5. The van der Waals surface area contributed by atoms with Crippen LogP contribution in [0.15, 0.2) is 18.2 Å². The summed E-state index contributed by atoms with van der Waals surface area (Å²) in [5.41, 5.74) is 1.98. The van der Waals surface area contributed by atoms with Crippen LogP contribution in [0.1, 0.15) is 92.4 Å². The second-order valence-corrected chi connectivity index (χ2v) is 9.98. The maximum absolute atomic E-state index is 13.5. The van der Waals surface area contributed by atoms with Crippen LogP contribution in [0.5, 0.6) is 0 Å². The minimum atomic E-state index is -0.124. The van der Waals surface area contributed by atoms with Gasteiger partial charge in [0.1, 0.15) is 0 Å². The first-order valence-corrected chi connectivity index (χ1v) is 12.4. The second kappa shape index (κ2) is 9.63. The molecule has 1 saturated carbocycles. The van der Waals surface area contributed by atoms with Gasteiger partial charge in [0.2, 0.25) is 5.91 Å². The second-order valence-electron chi connectivity index (χ2n) is 9.98. The Labute approximate surface area is 191 Å². The van der Waals surface area contributed by atoms with Crippen LogP contribution in [0.2, 0.25) is 0 Å². The summed E-state index contributed by atoms with van der Waals surface area (Å²) < 4.78 is 0. The lowest BCUT2D eigenvalue weighted by atomic mass is 9.93. The Kier molecular flexibility index (Phi) is 6.87. The topological polar surface area (TPSA) is 60.9 Å². The molecule has 2 fully saturated rings. The van der Waals surface area contributed by atoms with Crippen LogP contribution in [-0.4, -0.2) is 59.7 Å². The third-order valence-electron chi connectivity index (χ3n) is 7.67. The number of amides is 3. The number of anilines is 1. The van der Waals surface area contributed by atoms with Gasteiger partial charge in [-0.25, -0.2) is 0 Å². The summed E-state index contributed by atoms with van der Waals surface area (Å²) in [6.07, 6.45) is 9.16. The molecular formula is C26H37N3O3. The molecule has 0 unspecified atom stereocenters. The van der Waals surface area contributed by atoms with E-state index in [4.69, 9.17) is 0 Å². The quantitative estimate of drug-likeness (QED) is 0.649. The molecule has 2 heterocycles. The molecule has 0 radical (unpaired) electrons. The molecule has 3 aliphatic rings. The first kappa shape index (κ1) is 22.8. The zero-order valence-electron chi connectivity index (χ0n) is 19.8. The van der Waals surface area contributed by atoms with Crippen molar-refractivity contribution in [1.29, 1.82) is 0 Å². The third-order valence-corrected chi connectivity index (χ3v) is 7.67. The number of imide groups is 1. The number of benzene rings is 1. The number of piperidine rings is 1. The van der Waals surface area contributed by atoms with E-state index in [2.05, 4.69) is 4.90 Å². The average molecular weight is 440 g/mol. The van der Waals surface area contributed by atoms with Crippen molar-refractivity contribution in [2.45, 2.75) is 83.7 Å². The van der Waals surface area contributed by atoms with Gasteiger partial charge in [-0.15, -0.1) is 0 Å². The summed E-state index contributed by atoms with van der Waals surface area (Å²) in [6.45, 7) is 5.52. The monoisotopic (exact) mass is 439 g/mol. The fraction of sp³-hybridized carbons (Fsp3) is 0.654. The molecule has 6 nitrogen and oxygen atoms in total. The van der Waals surface area contributed by atoms with Crippen molar-refractivity contribution in [1.82, 2.24) is 9.80 Å². The van der Waals surface area contributed by atoms with E-state index in [0.29, 0.717) is 11.1 Å². The van der Waals surface area contributed by atoms with Crippen LogP contribution in [-0.2, 0) is 4.79 Å². The minimum absolute atomic E-state index is 0.0190. The SMILES string of the molecule is CC(C)N(C)C(=O)C1CCN(c2cccc3c2C(=O)N(C2CCCCCCC2)C3=O)CC1. The molecule has 4 rings (SSSR count). The molecule has 2 aliphatic heterocycles. The van der Waals surface area contributed by atoms with Crippen molar-refractivity contribution >= 4 is 23.4 Å². The average Bonchev–Trinajstić information content (AvgIpc) is 3.03. The van der Waals surface area contributed by atoms with Gasteiger partial charge in [-0.05, 0) is 51.7 Å². The summed E-state index contributed by atoms with van der Waals surface area (Å²) in [5, 5.41) is 0. The maximum Gasteiger partial charge on any atom is 0.263 e. The highest BCUT2D eigenvalue weighted by atomic mass is 16.2. The molecule has 0 bridgehead atoms. The highest BCUT2D eigenvalue weighted by molar-refractivity contribution is 6.24. The molecule has 1 saturated heterocycles. The fourth-order valence-corrected chi connectivity index (χ4v) is 5.48. The summed E-state index contributed by atoms with van der Waals surface area (Å²) in [7, 11) is 1.87. The smallest absolute Gasteiger partial charge is 0.263 e. The Hall–Kier alpha value is -2.37. The van der Waals surface area contributed by atoms with Gasteiger partial charge >= 0.3 is 0 Å². The van der Waals surface area contributed by atoms with E-state index >= 15 is 0 Å². The minimum Gasteiger partial charge on any atom is -0.371 e. The molecule has 0 spiro atoms. The first-order valence-electron chi connectivity index (χ1n) is 12.4. The normalized spacial score (nSPS) is 21.0. The van der Waals surface area contributed by atoms with Crippen LogP contribution in [0.25, 0.3) is 0 Å². The lowest BCUT2D eigenvalue weighted by Crippen LogP contribution is -2.44. The molecule has 0 atom stereocenters. The molecule has 174 valence electrons. The third kappa shape index (κ3) is 4.28. The zero-order chi connectivity index (χ0) is 22.8. The Bertz CT molecular complexity index is 865. The van der Waals surface area contributed by atoms with Crippen LogP contribution >= 0.6 is 0 Å². The lowest BCUT2D eigenvalue weighted by molar-refractivity contribution is -0.136. The van der Waals surface area contributed by atoms with Crippen molar-refractivity contribution < 1.29 is 14.4 Å². The molecule has 0 N–H and O–H groups in total. The molecule has 3 amide bonds. The predicted octanol–water partition coefficient (Wildman–Crippen LogP) is 4.48. The van der Waals surface area contributed by atoms with E-state index in [0.717, 1.165) is 57.3 Å². The molecule has 32 heavy (non-hydrogen) atoms. The van der Waals surface area contributed by atoms with Gasteiger partial charge in [0.15, 0.2) is 0 Å². The number of nitrogens with zero attached hydrogens (tertiary/aromatic N) is 3. The molecular weight excluding hydrogens is 402 g/mol. The summed E-state index contributed by atoms with van der Waals surface area (Å²) in [5.74, 6) is -0.0104. The summed E-state index contributed by atoms with van der Waals surface area (Å²) in [6, 6.07) is 5.88. The largest absolute Gasteiger partial charge is 0.371 e. The van der Waals surface area contributed by atoms with Gasteiger partial charge in [-0.3, -0.25) is 19.3 Å². The van der Waals surface area contributed by atoms with E-state index in [1.807, 2.05) is 37.9 Å². The van der Waals surface area contributed by atoms with Crippen molar-refractivity contribution in [2.75, 3.05) is 25.0 Å². The van der Waals surface area contributed by atoms with Gasteiger partial charge in [-0.2, -0.15) is 0 Å². The number of fused-ring (bicyclic) bond motifs is 1. The van der Waals surface area contributed by atoms with Crippen LogP contribution in [0, 0.1) is 5.92 Å². The number of hydrogen-bond acceptors (Lipinski definition) is 4. The number of rotatable bonds is 4. The lowest BCUT2D eigenvalue weighted by Gasteiger charge is -2.36. The fourth-order valence-electron chi connectivity index (χ4n) is 5.48. The van der Waals surface area contributed by atoms with Gasteiger partial charge in [0.05, 0.1) is 16.8 Å². The predicted molar refractivity (Wildman–Crippen MR) is 126 cm³/mol. The number of carbonyl (C=O) groups is 3. The van der Waals surface area contributed by atoms with E-state index in [1.165, 1.54) is 19.3 Å². The van der Waals surface area contributed by atoms with E-state index < -0.39 is 0 Å². The first-order chi connectivity index (χ1) is 15.4. The van der Waals surface area contributed by atoms with E-state index in [9.17, 15) is 14.4 Å². The highest BCUT2D eigenvalue weighted by Gasteiger charge is 2.42. The molecule has 1 aromatic carbocycles. The molecule has 0 aromatic heterocycles. The molecule has 6 heteroatoms. The van der Waals surface area contributed by atoms with Gasteiger partial charge in [0.25, 0.3) is 11.8 Å². The van der Waals surface area contributed by atoms with Crippen molar-refractivity contribution in [3.63, 3.8) is 0 Å². The Morgan fingerprint density at radius 1 is 0.938 bits per heavy atom. The van der Waals surface area contributed by atoms with Crippen molar-refractivity contribution in [3.8, 4) is 0 Å². The summed E-state index contributed by atoms with van der Waals surface area (Å²) >= 11 is 0. The van der Waals surface area contributed by atoms with Crippen LogP contribution < -0.4 is 4.90 Å². The molecule has 1 aliphatic carbocycles. The van der Waals surface area contributed by atoms with Crippen molar-refractivity contribution in [3.05, 3.63) is 29.3 Å². The number of carbonyl (C=O) groups excluding carboxylic acids is 3. The van der Waals surface area contributed by atoms with Gasteiger partial charge < -0.3 is 9.80 Å². The zero-order valence-corrected chi connectivity index (χ0v) is 19.8. The van der Waals surface area contributed by atoms with Crippen LogP contribution in [0.4, 0.5) is 5.69 Å². The standard InChI is InChI=1S/C26H37N3O3/c1-18(2)27(3)24(30)19-14-16-28(17-15-19)22-13-9-12-21-23(22)26(32)29(25(21)31)20-10-7-5-4-6-8-11-20/h9,12-13,18-20H,4-8,10-11,14-17H2,1-3H3. The van der Waals surface area contributed by atoms with E-state index in [1.54, 1.807) is 11.0 Å². The Morgan fingerprint density at radius 2 is 1.56 bits per heavy atom.